The molecule has 0 bridgehead atoms. The average molecular weight is 218 g/mol. The van der Waals surface area contributed by atoms with Crippen molar-refractivity contribution in [2.75, 3.05) is 26.2 Å². The van der Waals surface area contributed by atoms with Gasteiger partial charge in [0.2, 0.25) is 0 Å². The molecule has 2 nitrogen and oxygen atoms in total. The highest BCUT2D eigenvalue weighted by Gasteiger charge is 2.27. The van der Waals surface area contributed by atoms with Crippen molar-refractivity contribution in [1.29, 1.82) is 0 Å². The number of piperidine rings is 1. The molecule has 0 amide bonds. The van der Waals surface area contributed by atoms with Crippen molar-refractivity contribution >= 4 is 11.6 Å². The molecule has 2 aliphatic heterocycles. The maximum absolute atomic E-state index is 6.26. The lowest BCUT2D eigenvalue weighted by molar-refractivity contribution is 0.0620. The van der Waals surface area contributed by atoms with Gasteiger partial charge in [0.25, 0.3) is 0 Å². The number of halogens is 1. The molecule has 0 saturated carbocycles. The van der Waals surface area contributed by atoms with E-state index in [1.807, 2.05) is 0 Å². The first-order valence-electron chi connectivity index (χ1n) is 5.73. The van der Waals surface area contributed by atoms with Crippen LogP contribution >= 0.6 is 11.6 Å². The Morgan fingerprint density at radius 3 is 2.93 bits per heavy atom. The van der Waals surface area contributed by atoms with E-state index in [4.69, 9.17) is 16.3 Å². The molecule has 3 unspecified atom stereocenters. The summed E-state index contributed by atoms with van der Waals surface area (Å²) in [4.78, 5) is 2.47. The van der Waals surface area contributed by atoms with Gasteiger partial charge >= 0.3 is 0 Å². The lowest BCUT2D eigenvalue weighted by Crippen LogP contribution is -2.43. The Morgan fingerprint density at radius 2 is 2.29 bits per heavy atom. The van der Waals surface area contributed by atoms with Crippen molar-refractivity contribution in [3.63, 3.8) is 0 Å². The smallest absolute Gasteiger partial charge is 0.0702 e. The fourth-order valence-electron chi connectivity index (χ4n) is 2.33. The monoisotopic (exact) mass is 217 g/mol. The van der Waals surface area contributed by atoms with Gasteiger partial charge in [-0.3, -0.25) is 4.90 Å². The van der Waals surface area contributed by atoms with E-state index in [1.165, 1.54) is 25.8 Å². The van der Waals surface area contributed by atoms with E-state index < -0.39 is 0 Å². The Balaban J connectivity index is 1.75. The fraction of sp³-hybridized carbons (Fsp3) is 1.00. The number of nitrogens with zero attached hydrogens (tertiary/aromatic N) is 1. The Hall–Kier alpha value is 0.210. The Morgan fingerprint density at radius 1 is 1.43 bits per heavy atom. The molecular formula is C11H20ClNO. The van der Waals surface area contributed by atoms with Crippen LogP contribution in [0.5, 0.6) is 0 Å². The summed E-state index contributed by atoms with van der Waals surface area (Å²) in [5, 5.41) is 0.338. The van der Waals surface area contributed by atoms with E-state index in [2.05, 4.69) is 11.8 Å². The molecule has 0 radical (unpaired) electrons. The predicted octanol–water partition coefficient (Wildman–Crippen LogP) is 2.11. The first-order valence-corrected chi connectivity index (χ1v) is 6.17. The van der Waals surface area contributed by atoms with Crippen LogP contribution in [-0.4, -0.2) is 42.6 Å². The number of hydrogen-bond donors (Lipinski definition) is 0. The number of likely N-dealkylation sites (tertiary alicyclic amines) is 1. The fourth-order valence-corrected chi connectivity index (χ4v) is 2.65. The first-order chi connectivity index (χ1) is 6.75. The van der Waals surface area contributed by atoms with Gasteiger partial charge in [0.05, 0.1) is 6.10 Å². The predicted molar refractivity (Wildman–Crippen MR) is 58.8 cm³/mol. The summed E-state index contributed by atoms with van der Waals surface area (Å²) in [7, 11) is 0. The highest BCUT2D eigenvalue weighted by Crippen LogP contribution is 2.23. The second kappa shape index (κ2) is 4.82. The minimum Gasteiger partial charge on any atom is -0.377 e. The molecule has 0 aromatic rings. The Kier molecular flexibility index (Phi) is 3.69. The molecule has 2 aliphatic rings. The largest absolute Gasteiger partial charge is 0.377 e. The van der Waals surface area contributed by atoms with E-state index in [1.54, 1.807) is 0 Å². The topological polar surface area (TPSA) is 12.5 Å². The van der Waals surface area contributed by atoms with Gasteiger partial charge in [0, 0.05) is 25.1 Å². The minimum absolute atomic E-state index is 0.338. The van der Waals surface area contributed by atoms with Gasteiger partial charge in [-0.25, -0.2) is 0 Å². The van der Waals surface area contributed by atoms with Gasteiger partial charge in [-0.1, -0.05) is 6.92 Å². The Labute approximate surface area is 91.6 Å². The summed E-state index contributed by atoms with van der Waals surface area (Å²) in [6.45, 7) is 6.54. The van der Waals surface area contributed by atoms with Crippen LogP contribution in [0, 0.1) is 5.92 Å². The van der Waals surface area contributed by atoms with Gasteiger partial charge in [-0.05, 0) is 31.7 Å². The maximum atomic E-state index is 6.26. The normalized spacial score (nSPS) is 40.3. The molecule has 2 rings (SSSR count). The van der Waals surface area contributed by atoms with Crippen molar-refractivity contribution < 1.29 is 4.74 Å². The summed E-state index contributed by atoms with van der Waals surface area (Å²) in [6, 6.07) is 0. The molecule has 3 atom stereocenters. The molecule has 2 saturated heterocycles. The molecule has 0 spiro atoms. The molecule has 14 heavy (non-hydrogen) atoms. The van der Waals surface area contributed by atoms with Crippen molar-refractivity contribution in [2.45, 2.75) is 37.7 Å². The van der Waals surface area contributed by atoms with Crippen molar-refractivity contribution in [3.8, 4) is 0 Å². The van der Waals surface area contributed by atoms with Gasteiger partial charge in [0.15, 0.2) is 0 Å². The average Bonchev–Trinajstić information content (AvgIpc) is 2.64. The third-order valence-electron chi connectivity index (χ3n) is 3.44. The SMILES string of the molecule is CC1CCN(CC2CCCO2)CC1Cl. The molecule has 82 valence electrons. The minimum atomic E-state index is 0.338. The second-order valence-electron chi connectivity index (χ2n) is 4.68. The van der Waals surface area contributed by atoms with Crippen LogP contribution in [0.25, 0.3) is 0 Å². The summed E-state index contributed by atoms with van der Waals surface area (Å²) in [5.74, 6) is 0.678. The third-order valence-corrected chi connectivity index (χ3v) is 4.00. The Bertz CT molecular complexity index is 182. The van der Waals surface area contributed by atoms with Crippen LogP contribution < -0.4 is 0 Å². The van der Waals surface area contributed by atoms with Crippen LogP contribution in [0.1, 0.15) is 26.2 Å². The standard InChI is InChI=1S/C11H20ClNO/c1-9-4-5-13(8-11(9)12)7-10-3-2-6-14-10/h9-11H,2-8H2,1H3. The van der Waals surface area contributed by atoms with Crippen LogP contribution in [0.3, 0.4) is 0 Å². The second-order valence-corrected chi connectivity index (χ2v) is 5.24. The van der Waals surface area contributed by atoms with Crippen molar-refractivity contribution in [1.82, 2.24) is 4.90 Å². The maximum Gasteiger partial charge on any atom is 0.0702 e. The van der Waals surface area contributed by atoms with Crippen LogP contribution in [0.4, 0.5) is 0 Å². The van der Waals surface area contributed by atoms with E-state index in [9.17, 15) is 0 Å². The lowest BCUT2D eigenvalue weighted by Gasteiger charge is -2.35. The highest BCUT2D eigenvalue weighted by molar-refractivity contribution is 6.21. The summed E-state index contributed by atoms with van der Waals surface area (Å²) in [6.07, 6.45) is 4.19. The molecule has 2 fully saturated rings. The van der Waals surface area contributed by atoms with E-state index in [-0.39, 0.29) is 0 Å². The van der Waals surface area contributed by atoms with Gasteiger partial charge in [-0.2, -0.15) is 0 Å². The summed E-state index contributed by atoms with van der Waals surface area (Å²) >= 11 is 6.26. The van der Waals surface area contributed by atoms with E-state index in [0.29, 0.717) is 17.4 Å². The number of alkyl halides is 1. The van der Waals surface area contributed by atoms with Crippen molar-refractivity contribution in [3.05, 3.63) is 0 Å². The number of rotatable bonds is 2. The van der Waals surface area contributed by atoms with E-state index >= 15 is 0 Å². The van der Waals surface area contributed by atoms with Crippen LogP contribution in [-0.2, 0) is 4.74 Å². The third kappa shape index (κ3) is 2.62. The zero-order valence-corrected chi connectivity index (χ0v) is 9.67. The molecule has 0 N–H and O–H groups in total. The van der Waals surface area contributed by atoms with Gasteiger partial charge in [0.1, 0.15) is 0 Å². The molecular weight excluding hydrogens is 198 g/mol. The zero-order valence-electron chi connectivity index (χ0n) is 8.92. The van der Waals surface area contributed by atoms with Crippen LogP contribution in [0.2, 0.25) is 0 Å². The molecule has 0 aromatic carbocycles. The van der Waals surface area contributed by atoms with Gasteiger partial charge < -0.3 is 4.74 Å². The summed E-state index contributed by atoms with van der Waals surface area (Å²) < 4.78 is 5.63. The number of ether oxygens (including phenoxy) is 1. The first kappa shape index (κ1) is 10.7. The zero-order chi connectivity index (χ0) is 9.97. The lowest BCUT2D eigenvalue weighted by atomic mass is 9.98. The number of hydrogen-bond acceptors (Lipinski definition) is 2. The highest BCUT2D eigenvalue weighted by atomic mass is 35.5. The van der Waals surface area contributed by atoms with Crippen molar-refractivity contribution in [2.24, 2.45) is 5.92 Å². The van der Waals surface area contributed by atoms with Gasteiger partial charge in [-0.15, -0.1) is 11.6 Å². The quantitative estimate of drug-likeness (QED) is 0.657. The van der Waals surface area contributed by atoms with Crippen LogP contribution in [0.15, 0.2) is 0 Å². The molecule has 0 aliphatic carbocycles. The molecule has 0 aromatic heterocycles. The van der Waals surface area contributed by atoms with E-state index in [0.717, 1.165) is 19.7 Å². The molecule has 2 heterocycles. The summed E-state index contributed by atoms with van der Waals surface area (Å²) in [5.41, 5.74) is 0. The molecule has 3 heteroatoms.